The molecule has 2 rings (SSSR count). The van der Waals surface area contributed by atoms with E-state index in [9.17, 15) is 13.2 Å². The summed E-state index contributed by atoms with van der Waals surface area (Å²) in [5, 5.41) is 0. The molecule has 0 saturated carbocycles. The van der Waals surface area contributed by atoms with Crippen molar-refractivity contribution < 1.29 is 17.9 Å². The van der Waals surface area contributed by atoms with Gasteiger partial charge in [0.2, 0.25) is 15.9 Å². The normalized spacial score (nSPS) is 16.6. The van der Waals surface area contributed by atoms with E-state index < -0.39 is 16.1 Å². The largest absolute Gasteiger partial charge is 0.496 e. The van der Waals surface area contributed by atoms with Gasteiger partial charge in [0.25, 0.3) is 0 Å². The Kier molecular flexibility index (Phi) is 6.69. The summed E-state index contributed by atoms with van der Waals surface area (Å²) in [4.78, 5) is 14.8. The number of hydrogen-bond acceptors (Lipinski definition) is 4. The van der Waals surface area contributed by atoms with E-state index >= 15 is 0 Å². The molecule has 1 N–H and O–H groups in total. The summed E-state index contributed by atoms with van der Waals surface area (Å²) in [5.74, 6) is 0.372. The van der Waals surface area contributed by atoms with E-state index in [0.717, 1.165) is 24.8 Å². The number of piperidine rings is 1. The molecular formula is C19H30N2O4S. The highest BCUT2D eigenvalue weighted by atomic mass is 32.2. The fourth-order valence-electron chi connectivity index (χ4n) is 3.29. The number of nitrogens with zero attached hydrogens (tertiary/aromatic N) is 1. The molecule has 0 bridgehead atoms. The Morgan fingerprint density at radius 3 is 2.27 bits per heavy atom. The van der Waals surface area contributed by atoms with Crippen LogP contribution in [0.1, 0.15) is 44.2 Å². The SMILES string of the molecule is COc1cc(C)c(S(=O)(=O)N[C@@H](C(=O)N2CCCCC2)C(C)C)cc1C. The Morgan fingerprint density at radius 2 is 1.73 bits per heavy atom. The summed E-state index contributed by atoms with van der Waals surface area (Å²) in [6, 6.07) is 2.54. The predicted octanol–water partition coefficient (Wildman–Crippen LogP) is 2.63. The van der Waals surface area contributed by atoms with Gasteiger partial charge in [0.15, 0.2) is 0 Å². The number of carbonyl (C=O) groups is 1. The average molecular weight is 383 g/mol. The van der Waals surface area contributed by atoms with Crippen molar-refractivity contribution in [3.8, 4) is 5.75 Å². The zero-order valence-electron chi connectivity index (χ0n) is 16.3. The standard InChI is InChI=1S/C19H30N2O4S/c1-13(2)18(19(22)21-9-7-6-8-10-21)20-26(23,24)17-12-14(3)16(25-5)11-15(17)4/h11-13,18,20H,6-10H2,1-5H3/t18-/m1/s1. The van der Waals surface area contributed by atoms with Crippen LogP contribution in [0.15, 0.2) is 17.0 Å². The fourth-order valence-corrected chi connectivity index (χ4v) is 4.93. The van der Waals surface area contributed by atoms with Gasteiger partial charge >= 0.3 is 0 Å². The van der Waals surface area contributed by atoms with Gasteiger partial charge in [-0.1, -0.05) is 13.8 Å². The van der Waals surface area contributed by atoms with Crippen molar-refractivity contribution in [2.24, 2.45) is 5.92 Å². The van der Waals surface area contributed by atoms with Crippen molar-refractivity contribution in [3.63, 3.8) is 0 Å². The number of hydrogen-bond donors (Lipinski definition) is 1. The third-order valence-electron chi connectivity index (χ3n) is 4.86. The van der Waals surface area contributed by atoms with Gasteiger partial charge in [-0.3, -0.25) is 4.79 Å². The summed E-state index contributed by atoms with van der Waals surface area (Å²) in [6.07, 6.45) is 3.06. The highest BCUT2D eigenvalue weighted by molar-refractivity contribution is 7.89. The first-order valence-electron chi connectivity index (χ1n) is 9.13. The summed E-state index contributed by atoms with van der Waals surface area (Å²) in [5.41, 5.74) is 1.33. The minimum absolute atomic E-state index is 0.133. The molecule has 0 aliphatic carbocycles. The van der Waals surface area contributed by atoms with E-state index in [1.54, 1.807) is 38.0 Å². The van der Waals surface area contributed by atoms with Crippen LogP contribution < -0.4 is 9.46 Å². The summed E-state index contributed by atoms with van der Waals surface area (Å²) in [7, 11) is -2.26. The molecule has 146 valence electrons. The van der Waals surface area contributed by atoms with Crippen molar-refractivity contribution >= 4 is 15.9 Å². The van der Waals surface area contributed by atoms with Crippen molar-refractivity contribution in [1.29, 1.82) is 0 Å². The average Bonchev–Trinajstić information content (AvgIpc) is 2.61. The molecule has 0 radical (unpaired) electrons. The van der Waals surface area contributed by atoms with Crippen LogP contribution in [-0.4, -0.2) is 45.5 Å². The highest BCUT2D eigenvalue weighted by Crippen LogP contribution is 2.26. The zero-order valence-corrected chi connectivity index (χ0v) is 17.1. The molecule has 0 unspecified atom stereocenters. The third kappa shape index (κ3) is 4.57. The number of nitrogens with one attached hydrogen (secondary N) is 1. The van der Waals surface area contributed by atoms with Gasteiger partial charge in [-0.2, -0.15) is 4.72 Å². The second-order valence-corrected chi connectivity index (χ2v) is 9.00. The van der Waals surface area contributed by atoms with Crippen LogP contribution in [-0.2, 0) is 14.8 Å². The molecular weight excluding hydrogens is 352 g/mol. The Morgan fingerprint density at radius 1 is 1.12 bits per heavy atom. The number of aryl methyl sites for hydroxylation is 2. The number of methoxy groups -OCH3 is 1. The van der Waals surface area contributed by atoms with Gasteiger partial charge in [-0.25, -0.2) is 8.42 Å². The molecule has 1 aromatic carbocycles. The van der Waals surface area contributed by atoms with Gasteiger partial charge in [-0.15, -0.1) is 0 Å². The molecule has 0 aromatic heterocycles. The van der Waals surface area contributed by atoms with Crippen molar-refractivity contribution in [2.45, 2.75) is 57.9 Å². The molecule has 6 nitrogen and oxygen atoms in total. The monoisotopic (exact) mass is 382 g/mol. The lowest BCUT2D eigenvalue weighted by molar-refractivity contribution is -0.134. The second-order valence-electron chi connectivity index (χ2n) is 7.32. The first-order chi connectivity index (χ1) is 12.2. The number of carbonyl (C=O) groups excluding carboxylic acids is 1. The minimum atomic E-state index is -3.82. The first-order valence-corrected chi connectivity index (χ1v) is 10.6. The second kappa shape index (κ2) is 8.39. The Bertz CT molecular complexity index is 753. The Balaban J connectivity index is 2.29. The maximum atomic E-state index is 13.0. The van der Waals surface area contributed by atoms with Crippen LogP contribution in [0.3, 0.4) is 0 Å². The van der Waals surface area contributed by atoms with Gasteiger partial charge in [0.1, 0.15) is 11.8 Å². The number of ether oxygens (including phenoxy) is 1. The molecule has 1 fully saturated rings. The first kappa shape index (κ1) is 20.7. The molecule has 0 spiro atoms. The molecule has 26 heavy (non-hydrogen) atoms. The molecule has 1 aliphatic rings. The lowest BCUT2D eigenvalue weighted by Gasteiger charge is -2.32. The maximum Gasteiger partial charge on any atom is 0.241 e. The van der Waals surface area contributed by atoms with Crippen molar-refractivity contribution in [1.82, 2.24) is 9.62 Å². The number of rotatable bonds is 6. The third-order valence-corrected chi connectivity index (χ3v) is 6.45. The number of likely N-dealkylation sites (tertiary alicyclic amines) is 1. The van der Waals surface area contributed by atoms with E-state index in [1.165, 1.54) is 0 Å². The fraction of sp³-hybridized carbons (Fsp3) is 0.632. The van der Waals surface area contributed by atoms with Crippen molar-refractivity contribution in [3.05, 3.63) is 23.3 Å². The summed E-state index contributed by atoms with van der Waals surface area (Å²) < 4.78 is 33.9. The van der Waals surface area contributed by atoms with Crippen LogP contribution in [0.2, 0.25) is 0 Å². The molecule has 1 aliphatic heterocycles. The summed E-state index contributed by atoms with van der Waals surface area (Å²) in [6.45, 7) is 8.65. The van der Waals surface area contributed by atoms with E-state index in [-0.39, 0.29) is 16.7 Å². The minimum Gasteiger partial charge on any atom is -0.496 e. The van der Waals surface area contributed by atoms with E-state index in [0.29, 0.717) is 24.4 Å². The van der Waals surface area contributed by atoms with E-state index in [4.69, 9.17) is 4.74 Å². The van der Waals surface area contributed by atoms with Gasteiger partial charge in [-0.05, 0) is 62.3 Å². The predicted molar refractivity (Wildman–Crippen MR) is 102 cm³/mol. The maximum absolute atomic E-state index is 13.0. The summed E-state index contributed by atoms with van der Waals surface area (Å²) >= 11 is 0. The molecule has 7 heteroatoms. The van der Waals surface area contributed by atoms with Gasteiger partial charge in [0, 0.05) is 13.1 Å². The molecule has 1 aromatic rings. The number of benzene rings is 1. The number of sulfonamides is 1. The van der Waals surface area contributed by atoms with Gasteiger partial charge in [0.05, 0.1) is 12.0 Å². The number of amides is 1. The smallest absolute Gasteiger partial charge is 0.241 e. The van der Waals surface area contributed by atoms with Crippen LogP contribution in [0.4, 0.5) is 0 Å². The molecule has 1 heterocycles. The van der Waals surface area contributed by atoms with Crippen molar-refractivity contribution in [2.75, 3.05) is 20.2 Å². The molecule has 1 atom stereocenters. The molecule has 1 amide bonds. The van der Waals surface area contributed by atoms with E-state index in [2.05, 4.69) is 4.72 Å². The van der Waals surface area contributed by atoms with Crippen LogP contribution in [0.5, 0.6) is 5.75 Å². The quantitative estimate of drug-likeness (QED) is 0.821. The topological polar surface area (TPSA) is 75.7 Å². The lowest BCUT2D eigenvalue weighted by Crippen LogP contribution is -2.52. The Labute approximate surface area is 157 Å². The van der Waals surface area contributed by atoms with Crippen LogP contribution in [0, 0.1) is 19.8 Å². The van der Waals surface area contributed by atoms with Crippen LogP contribution >= 0.6 is 0 Å². The zero-order chi connectivity index (χ0) is 19.5. The Hall–Kier alpha value is -1.60. The van der Waals surface area contributed by atoms with Gasteiger partial charge < -0.3 is 9.64 Å². The lowest BCUT2D eigenvalue weighted by atomic mass is 10.0. The molecule has 1 saturated heterocycles. The van der Waals surface area contributed by atoms with E-state index in [1.807, 2.05) is 13.8 Å². The van der Waals surface area contributed by atoms with Crippen LogP contribution in [0.25, 0.3) is 0 Å². The highest BCUT2D eigenvalue weighted by Gasteiger charge is 2.32.